The zero-order valence-electron chi connectivity index (χ0n) is 7.62. The number of hydrogen-bond donors (Lipinski definition) is 2. The van der Waals surface area contributed by atoms with Gasteiger partial charge in [0.25, 0.3) is 0 Å². The molecular weight excluding hydrogens is 158 g/mol. The number of nitrogens with two attached hydrogens (primary N) is 1. The van der Waals surface area contributed by atoms with Crippen molar-refractivity contribution in [2.75, 3.05) is 6.61 Å². The second kappa shape index (κ2) is 5.97. The van der Waals surface area contributed by atoms with Crippen molar-refractivity contribution in [2.45, 2.75) is 38.8 Å². The number of aliphatic hydroxyl groups is 1. The van der Waals surface area contributed by atoms with E-state index in [4.69, 9.17) is 5.73 Å². The quantitative estimate of drug-likeness (QED) is 0.578. The van der Waals surface area contributed by atoms with Crippen LogP contribution in [0, 0.1) is 0 Å². The van der Waals surface area contributed by atoms with Gasteiger partial charge in [-0.25, -0.2) is 4.79 Å². The van der Waals surface area contributed by atoms with E-state index in [0.717, 1.165) is 6.42 Å². The maximum absolute atomic E-state index is 10.9. The molecule has 0 rings (SSSR count). The van der Waals surface area contributed by atoms with Gasteiger partial charge in [-0.15, -0.1) is 0 Å². The molecule has 0 saturated heterocycles. The van der Waals surface area contributed by atoms with Crippen LogP contribution < -0.4 is 5.73 Å². The molecule has 0 heterocycles. The van der Waals surface area contributed by atoms with Gasteiger partial charge in [-0.05, 0) is 13.3 Å². The summed E-state index contributed by atoms with van der Waals surface area (Å²) in [6.07, 6.45) is 0.294. The third kappa shape index (κ3) is 3.69. The van der Waals surface area contributed by atoms with Crippen LogP contribution in [0.2, 0.25) is 0 Å². The lowest BCUT2D eigenvalue weighted by Crippen LogP contribution is -2.41. The fourth-order valence-corrected chi connectivity index (χ4v) is 0.894. The third-order valence-corrected chi connectivity index (χ3v) is 1.56. The van der Waals surface area contributed by atoms with E-state index in [9.17, 15) is 9.90 Å². The first-order chi connectivity index (χ1) is 5.63. The molecule has 0 aromatic carbocycles. The van der Waals surface area contributed by atoms with Gasteiger partial charge in [-0.2, -0.15) is 0 Å². The van der Waals surface area contributed by atoms with Crippen LogP contribution >= 0.6 is 0 Å². The molecule has 2 unspecified atom stereocenters. The smallest absolute Gasteiger partial charge is 0.336 e. The Morgan fingerprint density at radius 3 is 2.58 bits per heavy atom. The second-order valence-electron chi connectivity index (χ2n) is 2.65. The summed E-state index contributed by atoms with van der Waals surface area (Å²) in [5, 5.41) is 9.25. The number of carbonyl (C=O) groups is 1. The minimum atomic E-state index is -1.18. The Kier molecular flexibility index (Phi) is 5.66. The van der Waals surface area contributed by atoms with Crippen molar-refractivity contribution >= 4 is 5.97 Å². The molecule has 12 heavy (non-hydrogen) atoms. The number of esters is 1. The number of hydrogen-bond acceptors (Lipinski definition) is 4. The minimum absolute atomic E-state index is 0.273. The summed E-state index contributed by atoms with van der Waals surface area (Å²) in [7, 11) is 0. The Balaban J connectivity index is 3.82. The largest absolute Gasteiger partial charge is 0.464 e. The van der Waals surface area contributed by atoms with Gasteiger partial charge in [-0.3, -0.25) is 0 Å². The van der Waals surface area contributed by atoms with E-state index in [1.54, 1.807) is 6.92 Å². The van der Waals surface area contributed by atoms with Crippen LogP contribution in [-0.2, 0) is 9.53 Å². The zero-order valence-corrected chi connectivity index (χ0v) is 7.62. The highest BCUT2D eigenvalue weighted by Crippen LogP contribution is 2.01. The molecule has 0 aromatic rings. The van der Waals surface area contributed by atoms with Crippen molar-refractivity contribution < 1.29 is 14.6 Å². The molecule has 3 N–H and O–H groups in total. The highest BCUT2D eigenvalue weighted by atomic mass is 16.5. The molecule has 0 aliphatic rings. The zero-order chi connectivity index (χ0) is 9.56. The van der Waals surface area contributed by atoms with Crippen LogP contribution in [0.3, 0.4) is 0 Å². The maximum Gasteiger partial charge on any atom is 0.336 e. The molecule has 0 radical (unpaired) electrons. The first kappa shape index (κ1) is 11.4. The van der Waals surface area contributed by atoms with Gasteiger partial charge in [0.05, 0.1) is 6.61 Å². The Labute approximate surface area is 72.7 Å². The Hall–Kier alpha value is -0.610. The lowest BCUT2D eigenvalue weighted by molar-refractivity contribution is -0.154. The Morgan fingerprint density at radius 2 is 2.17 bits per heavy atom. The van der Waals surface area contributed by atoms with Crippen molar-refractivity contribution in [1.29, 1.82) is 0 Å². The molecule has 0 aliphatic heterocycles. The molecule has 0 fully saturated rings. The molecule has 4 nitrogen and oxygen atoms in total. The topological polar surface area (TPSA) is 72.5 Å². The molecule has 0 saturated carbocycles. The summed E-state index contributed by atoms with van der Waals surface area (Å²) in [6.45, 7) is 3.91. The van der Waals surface area contributed by atoms with Gasteiger partial charge in [0.1, 0.15) is 0 Å². The van der Waals surface area contributed by atoms with E-state index < -0.39 is 18.1 Å². The van der Waals surface area contributed by atoms with Crippen molar-refractivity contribution in [2.24, 2.45) is 5.73 Å². The molecule has 72 valence electrons. The lowest BCUT2D eigenvalue weighted by atomic mass is 10.1. The van der Waals surface area contributed by atoms with Crippen LogP contribution in [0.25, 0.3) is 0 Å². The van der Waals surface area contributed by atoms with Crippen molar-refractivity contribution in [3.63, 3.8) is 0 Å². The van der Waals surface area contributed by atoms with E-state index >= 15 is 0 Å². The van der Waals surface area contributed by atoms with Crippen LogP contribution in [0.4, 0.5) is 0 Å². The molecule has 0 amide bonds. The summed E-state index contributed by atoms with van der Waals surface area (Å²) in [4.78, 5) is 10.9. The standard InChI is InChI=1S/C8H17NO3/c1-3-5-6(9)7(10)8(11)12-4-2/h6-7,10H,3-5,9H2,1-2H3. The maximum atomic E-state index is 10.9. The highest BCUT2D eigenvalue weighted by Gasteiger charge is 2.22. The first-order valence-electron chi connectivity index (χ1n) is 4.23. The van der Waals surface area contributed by atoms with E-state index in [2.05, 4.69) is 4.74 Å². The fraction of sp³-hybridized carbons (Fsp3) is 0.875. The number of rotatable bonds is 5. The van der Waals surface area contributed by atoms with E-state index in [1.807, 2.05) is 6.92 Å². The molecule has 4 heteroatoms. The second-order valence-corrected chi connectivity index (χ2v) is 2.65. The predicted octanol–water partition coefficient (Wildman–Crippen LogP) is 0.0378. The summed E-state index contributed by atoms with van der Waals surface area (Å²) >= 11 is 0. The van der Waals surface area contributed by atoms with Crippen molar-refractivity contribution in [1.82, 2.24) is 0 Å². The van der Waals surface area contributed by atoms with Gasteiger partial charge in [0, 0.05) is 6.04 Å². The fourth-order valence-electron chi connectivity index (χ4n) is 0.894. The highest BCUT2D eigenvalue weighted by molar-refractivity contribution is 5.75. The summed E-state index contributed by atoms with van der Waals surface area (Å²) in [5.41, 5.74) is 5.51. The molecule has 0 aromatic heterocycles. The Bertz CT molecular complexity index is 138. The van der Waals surface area contributed by atoms with Gasteiger partial charge < -0.3 is 15.6 Å². The molecule has 0 spiro atoms. The van der Waals surface area contributed by atoms with Gasteiger partial charge in [-0.1, -0.05) is 13.3 Å². The van der Waals surface area contributed by atoms with E-state index in [1.165, 1.54) is 0 Å². The van der Waals surface area contributed by atoms with E-state index in [0.29, 0.717) is 6.42 Å². The Morgan fingerprint density at radius 1 is 1.58 bits per heavy atom. The average molecular weight is 175 g/mol. The predicted molar refractivity (Wildman–Crippen MR) is 45.5 cm³/mol. The minimum Gasteiger partial charge on any atom is -0.464 e. The SMILES string of the molecule is CCCC(N)C(O)C(=O)OCC. The first-order valence-corrected chi connectivity index (χ1v) is 4.23. The summed E-state index contributed by atoms with van der Waals surface area (Å²) < 4.78 is 4.60. The van der Waals surface area contributed by atoms with Crippen LogP contribution in [0.5, 0.6) is 0 Å². The van der Waals surface area contributed by atoms with Crippen molar-refractivity contribution in [3.05, 3.63) is 0 Å². The van der Waals surface area contributed by atoms with Gasteiger partial charge in [0.2, 0.25) is 0 Å². The number of carbonyl (C=O) groups excluding carboxylic acids is 1. The van der Waals surface area contributed by atoms with E-state index in [-0.39, 0.29) is 6.61 Å². The normalized spacial score (nSPS) is 15.3. The lowest BCUT2D eigenvalue weighted by Gasteiger charge is -2.15. The van der Waals surface area contributed by atoms with Crippen LogP contribution in [-0.4, -0.2) is 29.8 Å². The molecular formula is C8H17NO3. The number of aliphatic hydroxyl groups excluding tert-OH is 1. The van der Waals surface area contributed by atoms with Gasteiger partial charge >= 0.3 is 5.97 Å². The molecule has 0 aliphatic carbocycles. The molecule has 0 bridgehead atoms. The van der Waals surface area contributed by atoms with Crippen LogP contribution in [0.1, 0.15) is 26.7 Å². The summed E-state index contributed by atoms with van der Waals surface area (Å²) in [5.74, 6) is -0.626. The van der Waals surface area contributed by atoms with Crippen molar-refractivity contribution in [3.8, 4) is 0 Å². The van der Waals surface area contributed by atoms with Gasteiger partial charge in [0.15, 0.2) is 6.10 Å². The average Bonchev–Trinajstić information content (AvgIpc) is 2.04. The monoisotopic (exact) mass is 175 g/mol. The van der Waals surface area contributed by atoms with Crippen LogP contribution in [0.15, 0.2) is 0 Å². The number of ether oxygens (including phenoxy) is 1. The summed E-state index contributed by atoms with van der Waals surface area (Å²) in [6, 6.07) is -0.506. The third-order valence-electron chi connectivity index (χ3n) is 1.56. The molecule has 2 atom stereocenters.